The first-order chi connectivity index (χ1) is 8.15. The molecule has 88 valence electrons. The Morgan fingerprint density at radius 2 is 2.06 bits per heavy atom. The third-order valence-electron chi connectivity index (χ3n) is 3.78. The minimum Gasteiger partial charge on any atom is -0.384 e. The van der Waals surface area contributed by atoms with Gasteiger partial charge in [-0.1, -0.05) is 31.2 Å². The lowest BCUT2D eigenvalue weighted by atomic mass is 9.97. The van der Waals surface area contributed by atoms with Crippen molar-refractivity contribution in [2.75, 3.05) is 0 Å². The number of nitrogens with zero attached hydrogens (tertiary/aromatic N) is 1. The van der Waals surface area contributed by atoms with Crippen LogP contribution in [-0.2, 0) is 12.0 Å². The van der Waals surface area contributed by atoms with E-state index in [-0.39, 0.29) is 0 Å². The van der Waals surface area contributed by atoms with E-state index in [1.54, 1.807) is 0 Å². The predicted molar refractivity (Wildman–Crippen MR) is 72.0 cm³/mol. The molecule has 2 nitrogen and oxygen atoms in total. The maximum absolute atomic E-state index is 10.6. The number of fused-ring (bicyclic) bond motifs is 3. The van der Waals surface area contributed by atoms with Crippen molar-refractivity contribution < 1.29 is 5.11 Å². The zero-order chi connectivity index (χ0) is 12.0. The summed E-state index contributed by atoms with van der Waals surface area (Å²) in [6.45, 7) is 2.01. The molecular weight excluding hydrogens is 278 g/mol. The summed E-state index contributed by atoms with van der Waals surface area (Å²) in [4.78, 5) is 4.57. The minimum absolute atomic E-state index is 0.720. The van der Waals surface area contributed by atoms with Crippen LogP contribution >= 0.6 is 15.9 Å². The molecule has 17 heavy (non-hydrogen) atoms. The van der Waals surface area contributed by atoms with Crippen molar-refractivity contribution in [2.45, 2.75) is 31.8 Å². The van der Waals surface area contributed by atoms with Gasteiger partial charge in [0.05, 0.1) is 5.69 Å². The topological polar surface area (TPSA) is 33.1 Å². The molecule has 1 unspecified atom stereocenters. The first-order valence-corrected chi connectivity index (χ1v) is 6.75. The Balaban J connectivity index is 2.37. The standard InChI is InChI=1S/C14H14BrNO/c1-2-14(17)8-7-10-9-5-3-4-6-11(9)13(15)16-12(10)14/h3-6,17H,2,7-8H2,1H3. The third kappa shape index (κ3) is 1.53. The van der Waals surface area contributed by atoms with Gasteiger partial charge in [-0.15, -0.1) is 0 Å². The summed E-state index contributed by atoms with van der Waals surface area (Å²) in [5.74, 6) is 0. The molecule has 0 saturated heterocycles. The number of benzene rings is 1. The molecule has 1 aliphatic carbocycles. The number of aromatic nitrogens is 1. The second-order valence-electron chi connectivity index (χ2n) is 4.66. The number of hydrogen-bond donors (Lipinski definition) is 1. The molecule has 0 bridgehead atoms. The van der Waals surface area contributed by atoms with Crippen molar-refractivity contribution in [3.8, 4) is 0 Å². The molecule has 0 spiro atoms. The molecule has 1 N–H and O–H groups in total. The molecule has 0 fully saturated rings. The van der Waals surface area contributed by atoms with Crippen LogP contribution in [0.3, 0.4) is 0 Å². The number of halogens is 1. The fraction of sp³-hybridized carbons (Fsp3) is 0.357. The molecule has 2 aromatic rings. The summed E-state index contributed by atoms with van der Waals surface area (Å²) >= 11 is 3.51. The number of pyridine rings is 1. The number of aliphatic hydroxyl groups is 1. The van der Waals surface area contributed by atoms with Crippen LogP contribution in [0.2, 0.25) is 0 Å². The zero-order valence-electron chi connectivity index (χ0n) is 9.70. The summed E-state index contributed by atoms with van der Waals surface area (Å²) in [5.41, 5.74) is 1.35. The monoisotopic (exact) mass is 291 g/mol. The van der Waals surface area contributed by atoms with Gasteiger partial charge in [-0.25, -0.2) is 4.98 Å². The van der Waals surface area contributed by atoms with Crippen LogP contribution in [0, 0.1) is 0 Å². The lowest BCUT2D eigenvalue weighted by molar-refractivity contribution is 0.0305. The normalized spacial score (nSPS) is 23.0. The smallest absolute Gasteiger partial charge is 0.114 e. The van der Waals surface area contributed by atoms with Gasteiger partial charge in [0, 0.05) is 5.39 Å². The largest absolute Gasteiger partial charge is 0.384 e. The highest BCUT2D eigenvalue weighted by Crippen LogP contribution is 2.42. The Morgan fingerprint density at radius 1 is 1.35 bits per heavy atom. The fourth-order valence-corrected chi connectivity index (χ4v) is 3.24. The summed E-state index contributed by atoms with van der Waals surface area (Å²) in [6, 6.07) is 8.23. The Kier molecular flexibility index (Phi) is 2.49. The van der Waals surface area contributed by atoms with Crippen molar-refractivity contribution >= 4 is 26.7 Å². The molecule has 1 aliphatic rings. The Labute approximate surface area is 109 Å². The van der Waals surface area contributed by atoms with E-state index in [1.807, 2.05) is 19.1 Å². The van der Waals surface area contributed by atoms with E-state index < -0.39 is 5.60 Å². The molecule has 1 aromatic heterocycles. The predicted octanol–water partition coefficient (Wildman–Crippen LogP) is 3.54. The maximum Gasteiger partial charge on any atom is 0.114 e. The molecule has 0 amide bonds. The second kappa shape index (κ2) is 3.79. The van der Waals surface area contributed by atoms with Gasteiger partial charge >= 0.3 is 0 Å². The van der Waals surface area contributed by atoms with Gasteiger partial charge in [0.1, 0.15) is 10.2 Å². The maximum atomic E-state index is 10.6. The van der Waals surface area contributed by atoms with E-state index in [2.05, 4.69) is 33.0 Å². The molecule has 0 radical (unpaired) electrons. The highest BCUT2D eigenvalue weighted by molar-refractivity contribution is 9.10. The van der Waals surface area contributed by atoms with Gasteiger partial charge in [0.15, 0.2) is 0 Å². The van der Waals surface area contributed by atoms with Gasteiger partial charge in [0.2, 0.25) is 0 Å². The molecule has 0 aliphatic heterocycles. The molecular formula is C14H14BrNO. The molecule has 1 atom stereocenters. The average Bonchev–Trinajstić information content (AvgIpc) is 2.69. The van der Waals surface area contributed by atoms with E-state index in [0.717, 1.165) is 34.9 Å². The van der Waals surface area contributed by atoms with Crippen LogP contribution < -0.4 is 0 Å². The summed E-state index contributed by atoms with van der Waals surface area (Å²) in [5, 5.41) is 12.9. The first-order valence-electron chi connectivity index (χ1n) is 5.95. The van der Waals surface area contributed by atoms with Crippen molar-refractivity contribution in [1.82, 2.24) is 4.98 Å². The summed E-state index contributed by atoms with van der Waals surface area (Å²) in [7, 11) is 0. The third-order valence-corrected chi connectivity index (χ3v) is 4.39. The molecule has 1 heterocycles. The van der Waals surface area contributed by atoms with Crippen LogP contribution in [-0.4, -0.2) is 10.1 Å². The SMILES string of the molecule is CCC1(O)CCc2c1nc(Br)c1ccccc21. The van der Waals surface area contributed by atoms with Crippen LogP contribution in [0.5, 0.6) is 0 Å². The Morgan fingerprint density at radius 3 is 2.76 bits per heavy atom. The highest BCUT2D eigenvalue weighted by atomic mass is 79.9. The van der Waals surface area contributed by atoms with Crippen molar-refractivity contribution in [1.29, 1.82) is 0 Å². The van der Waals surface area contributed by atoms with Crippen LogP contribution in [0.4, 0.5) is 0 Å². The van der Waals surface area contributed by atoms with Crippen LogP contribution in [0.15, 0.2) is 28.9 Å². The van der Waals surface area contributed by atoms with Gasteiger partial charge in [-0.2, -0.15) is 0 Å². The van der Waals surface area contributed by atoms with E-state index in [4.69, 9.17) is 0 Å². The zero-order valence-corrected chi connectivity index (χ0v) is 11.3. The van der Waals surface area contributed by atoms with Crippen molar-refractivity contribution in [3.63, 3.8) is 0 Å². The number of hydrogen-bond acceptors (Lipinski definition) is 2. The summed E-state index contributed by atoms with van der Waals surface area (Å²) in [6.07, 6.45) is 2.42. The molecule has 1 aromatic carbocycles. The van der Waals surface area contributed by atoms with E-state index in [0.29, 0.717) is 0 Å². The average molecular weight is 292 g/mol. The molecule has 3 heteroatoms. The highest BCUT2D eigenvalue weighted by Gasteiger charge is 2.37. The summed E-state index contributed by atoms with van der Waals surface area (Å²) < 4.78 is 0.834. The number of aryl methyl sites for hydroxylation is 1. The van der Waals surface area contributed by atoms with Gasteiger partial charge < -0.3 is 5.11 Å². The first kappa shape index (κ1) is 11.2. The van der Waals surface area contributed by atoms with E-state index >= 15 is 0 Å². The van der Waals surface area contributed by atoms with Gasteiger partial charge in [0.25, 0.3) is 0 Å². The van der Waals surface area contributed by atoms with Crippen molar-refractivity contribution in [2.24, 2.45) is 0 Å². The van der Waals surface area contributed by atoms with E-state index in [1.165, 1.54) is 10.9 Å². The van der Waals surface area contributed by atoms with E-state index in [9.17, 15) is 5.11 Å². The van der Waals surface area contributed by atoms with Gasteiger partial charge in [-0.05, 0) is 46.1 Å². The van der Waals surface area contributed by atoms with Crippen molar-refractivity contribution in [3.05, 3.63) is 40.1 Å². The lowest BCUT2D eigenvalue weighted by Crippen LogP contribution is -2.22. The number of rotatable bonds is 1. The lowest BCUT2D eigenvalue weighted by Gasteiger charge is -2.21. The fourth-order valence-electron chi connectivity index (χ4n) is 2.71. The Hall–Kier alpha value is -0.930. The second-order valence-corrected chi connectivity index (χ2v) is 5.41. The molecule has 0 saturated carbocycles. The van der Waals surface area contributed by atoms with Gasteiger partial charge in [-0.3, -0.25) is 0 Å². The molecule has 3 rings (SSSR count). The minimum atomic E-state index is -0.734. The van der Waals surface area contributed by atoms with Crippen LogP contribution in [0.1, 0.15) is 31.0 Å². The van der Waals surface area contributed by atoms with Crippen LogP contribution in [0.25, 0.3) is 10.8 Å². The quantitative estimate of drug-likeness (QED) is 0.815. The Bertz CT molecular complexity index is 596.